The van der Waals surface area contributed by atoms with Crippen LogP contribution in [0.2, 0.25) is 0 Å². The first-order valence-electron chi connectivity index (χ1n) is 6.30. The molecule has 0 aliphatic heterocycles. The topological polar surface area (TPSA) is 46.3 Å². The van der Waals surface area contributed by atoms with Crippen LogP contribution in [-0.2, 0) is 11.3 Å². The number of benzene rings is 1. The third kappa shape index (κ3) is 3.53. The molecule has 2 N–H and O–H groups in total. The van der Waals surface area contributed by atoms with Gasteiger partial charge in [-0.2, -0.15) is 0 Å². The minimum Gasteiger partial charge on any atom is -0.341 e. The highest BCUT2D eigenvalue weighted by molar-refractivity contribution is 5.76. The van der Waals surface area contributed by atoms with Crippen LogP contribution >= 0.6 is 0 Å². The highest BCUT2D eigenvalue weighted by atomic mass is 19.1. The number of rotatable bonds is 5. The molecule has 4 heteroatoms. The second-order valence-electron chi connectivity index (χ2n) is 5.09. The third-order valence-electron chi connectivity index (χ3n) is 3.37. The van der Waals surface area contributed by atoms with Gasteiger partial charge in [0, 0.05) is 26.1 Å². The van der Waals surface area contributed by atoms with Gasteiger partial charge in [-0.15, -0.1) is 0 Å². The smallest absolute Gasteiger partial charge is 0.224 e. The number of carbonyl (C=O) groups is 1. The first-order chi connectivity index (χ1) is 8.56. The predicted octanol–water partition coefficient (Wildman–Crippen LogP) is 1.91. The van der Waals surface area contributed by atoms with Gasteiger partial charge in [0.05, 0.1) is 0 Å². The minimum atomic E-state index is -0.275. The standard InChI is InChI=1S/C14H19FN2O/c1-17(9-10-3-2-4-12(15)7-10)14(18)8-13(16)11-5-6-11/h2-4,7,11,13H,5-6,8-9,16H2,1H3. The lowest BCUT2D eigenvalue weighted by molar-refractivity contribution is -0.130. The Morgan fingerprint density at radius 2 is 2.28 bits per heavy atom. The van der Waals surface area contributed by atoms with E-state index in [0.29, 0.717) is 18.9 Å². The Bertz CT molecular complexity index is 432. The van der Waals surface area contributed by atoms with E-state index >= 15 is 0 Å². The predicted molar refractivity (Wildman–Crippen MR) is 68.2 cm³/mol. The lowest BCUT2D eigenvalue weighted by Crippen LogP contribution is -2.34. The molecule has 1 aromatic carbocycles. The molecule has 2 rings (SSSR count). The third-order valence-corrected chi connectivity index (χ3v) is 3.37. The fourth-order valence-corrected chi connectivity index (χ4v) is 2.05. The normalized spacial score (nSPS) is 16.4. The van der Waals surface area contributed by atoms with Crippen LogP contribution in [-0.4, -0.2) is 23.9 Å². The summed E-state index contributed by atoms with van der Waals surface area (Å²) in [6.45, 7) is 0.425. The maximum atomic E-state index is 13.0. The molecular weight excluding hydrogens is 231 g/mol. The van der Waals surface area contributed by atoms with E-state index in [9.17, 15) is 9.18 Å². The van der Waals surface area contributed by atoms with E-state index in [1.807, 2.05) is 6.07 Å². The molecule has 1 amide bonds. The van der Waals surface area contributed by atoms with Gasteiger partial charge in [0.25, 0.3) is 0 Å². The van der Waals surface area contributed by atoms with Crippen LogP contribution in [0.1, 0.15) is 24.8 Å². The summed E-state index contributed by atoms with van der Waals surface area (Å²) in [5.41, 5.74) is 6.72. The molecule has 0 radical (unpaired) electrons. The SMILES string of the molecule is CN(Cc1cccc(F)c1)C(=O)CC(N)C1CC1. The van der Waals surface area contributed by atoms with E-state index < -0.39 is 0 Å². The Balaban J connectivity index is 1.86. The molecule has 0 saturated heterocycles. The zero-order valence-electron chi connectivity index (χ0n) is 10.6. The highest BCUT2D eigenvalue weighted by Crippen LogP contribution is 2.32. The van der Waals surface area contributed by atoms with Gasteiger partial charge in [-0.25, -0.2) is 4.39 Å². The summed E-state index contributed by atoms with van der Waals surface area (Å²) in [6.07, 6.45) is 2.67. The molecule has 0 spiro atoms. The fourth-order valence-electron chi connectivity index (χ4n) is 2.05. The van der Waals surface area contributed by atoms with E-state index in [1.54, 1.807) is 18.0 Å². The number of nitrogens with zero attached hydrogens (tertiary/aromatic N) is 1. The molecule has 0 aromatic heterocycles. The van der Waals surface area contributed by atoms with Crippen molar-refractivity contribution in [1.82, 2.24) is 4.90 Å². The molecule has 1 atom stereocenters. The van der Waals surface area contributed by atoms with Crippen LogP contribution in [0, 0.1) is 11.7 Å². The number of carbonyl (C=O) groups excluding carboxylic acids is 1. The number of halogens is 1. The van der Waals surface area contributed by atoms with E-state index in [0.717, 1.165) is 18.4 Å². The summed E-state index contributed by atoms with van der Waals surface area (Å²) in [6, 6.07) is 6.29. The molecule has 0 bridgehead atoms. The Labute approximate surface area is 107 Å². The molecule has 1 aromatic rings. The Kier molecular flexibility index (Phi) is 3.97. The van der Waals surface area contributed by atoms with Crippen molar-refractivity contribution >= 4 is 5.91 Å². The van der Waals surface area contributed by atoms with Gasteiger partial charge in [0.2, 0.25) is 5.91 Å². The van der Waals surface area contributed by atoms with Crippen molar-refractivity contribution in [1.29, 1.82) is 0 Å². The largest absolute Gasteiger partial charge is 0.341 e. The van der Waals surface area contributed by atoms with Crippen LogP contribution in [0.4, 0.5) is 4.39 Å². The molecule has 98 valence electrons. The van der Waals surface area contributed by atoms with Gasteiger partial charge in [-0.05, 0) is 36.5 Å². The van der Waals surface area contributed by atoms with Crippen molar-refractivity contribution in [2.24, 2.45) is 11.7 Å². The summed E-state index contributed by atoms with van der Waals surface area (Å²) in [7, 11) is 1.73. The van der Waals surface area contributed by atoms with Gasteiger partial charge in [-0.1, -0.05) is 12.1 Å². The number of amides is 1. The minimum absolute atomic E-state index is 0.0209. The first-order valence-corrected chi connectivity index (χ1v) is 6.30. The zero-order chi connectivity index (χ0) is 13.1. The van der Waals surface area contributed by atoms with E-state index in [1.165, 1.54) is 12.1 Å². The lowest BCUT2D eigenvalue weighted by atomic mass is 10.1. The van der Waals surface area contributed by atoms with Crippen LogP contribution in [0.15, 0.2) is 24.3 Å². The lowest BCUT2D eigenvalue weighted by Gasteiger charge is -2.19. The van der Waals surface area contributed by atoms with Crippen molar-refractivity contribution in [3.63, 3.8) is 0 Å². The van der Waals surface area contributed by atoms with Crippen molar-refractivity contribution in [2.45, 2.75) is 31.8 Å². The molecule has 1 fully saturated rings. The molecular formula is C14H19FN2O. The molecule has 1 aliphatic rings. The van der Waals surface area contributed by atoms with Crippen molar-refractivity contribution in [2.75, 3.05) is 7.05 Å². The van der Waals surface area contributed by atoms with Gasteiger partial charge in [-0.3, -0.25) is 4.79 Å². The van der Waals surface area contributed by atoms with Gasteiger partial charge in [0.15, 0.2) is 0 Å². The summed E-state index contributed by atoms with van der Waals surface area (Å²) in [4.78, 5) is 13.5. The maximum Gasteiger partial charge on any atom is 0.224 e. The van der Waals surface area contributed by atoms with Gasteiger partial charge in [0.1, 0.15) is 5.82 Å². The van der Waals surface area contributed by atoms with Crippen LogP contribution < -0.4 is 5.73 Å². The van der Waals surface area contributed by atoms with Gasteiger partial charge < -0.3 is 10.6 Å². The number of nitrogens with two attached hydrogens (primary N) is 1. The highest BCUT2D eigenvalue weighted by Gasteiger charge is 2.30. The zero-order valence-corrected chi connectivity index (χ0v) is 10.6. The summed E-state index contributed by atoms with van der Waals surface area (Å²) in [5, 5.41) is 0. The van der Waals surface area contributed by atoms with Crippen molar-refractivity contribution in [3.8, 4) is 0 Å². The van der Waals surface area contributed by atoms with E-state index in [4.69, 9.17) is 5.73 Å². The van der Waals surface area contributed by atoms with Gasteiger partial charge >= 0.3 is 0 Å². The molecule has 18 heavy (non-hydrogen) atoms. The van der Waals surface area contributed by atoms with Crippen LogP contribution in [0.3, 0.4) is 0 Å². The van der Waals surface area contributed by atoms with E-state index in [-0.39, 0.29) is 17.8 Å². The molecule has 1 saturated carbocycles. The van der Waals surface area contributed by atoms with Crippen LogP contribution in [0.25, 0.3) is 0 Å². The summed E-state index contributed by atoms with van der Waals surface area (Å²) < 4.78 is 13.0. The average Bonchev–Trinajstić information content (AvgIpc) is 3.12. The first kappa shape index (κ1) is 13.0. The molecule has 1 aliphatic carbocycles. The molecule has 0 heterocycles. The molecule has 1 unspecified atom stereocenters. The second-order valence-corrected chi connectivity index (χ2v) is 5.09. The Morgan fingerprint density at radius 3 is 2.89 bits per heavy atom. The summed E-state index contributed by atoms with van der Waals surface area (Å²) in [5.74, 6) is 0.276. The van der Waals surface area contributed by atoms with E-state index in [2.05, 4.69) is 0 Å². The molecule has 3 nitrogen and oxygen atoms in total. The fraction of sp³-hybridized carbons (Fsp3) is 0.500. The maximum absolute atomic E-state index is 13.0. The van der Waals surface area contributed by atoms with Crippen molar-refractivity contribution in [3.05, 3.63) is 35.6 Å². The quantitative estimate of drug-likeness (QED) is 0.867. The Morgan fingerprint density at radius 1 is 1.56 bits per heavy atom. The Hall–Kier alpha value is -1.42. The van der Waals surface area contributed by atoms with Crippen LogP contribution in [0.5, 0.6) is 0 Å². The number of hydrogen-bond donors (Lipinski definition) is 1. The van der Waals surface area contributed by atoms with Crippen molar-refractivity contribution < 1.29 is 9.18 Å². The number of hydrogen-bond acceptors (Lipinski definition) is 2. The average molecular weight is 250 g/mol. The summed E-state index contributed by atoms with van der Waals surface area (Å²) >= 11 is 0. The second kappa shape index (κ2) is 5.48. The monoisotopic (exact) mass is 250 g/mol.